The van der Waals surface area contributed by atoms with Crippen molar-refractivity contribution in [2.45, 2.75) is 32.2 Å². The van der Waals surface area contributed by atoms with Crippen molar-refractivity contribution < 1.29 is 9.53 Å². The molecule has 20 heavy (non-hydrogen) atoms. The number of carbonyl (C=O) groups is 1. The van der Waals surface area contributed by atoms with E-state index in [0.717, 1.165) is 39.0 Å². The molecule has 0 aromatic carbocycles. The highest BCUT2D eigenvalue weighted by Crippen LogP contribution is 2.21. The van der Waals surface area contributed by atoms with Crippen molar-refractivity contribution in [3.8, 4) is 6.07 Å². The van der Waals surface area contributed by atoms with Crippen molar-refractivity contribution >= 4 is 5.91 Å². The molecule has 2 fully saturated rings. The number of morpholine rings is 1. The predicted octanol–water partition coefficient (Wildman–Crippen LogP) is 1.17. The fourth-order valence-corrected chi connectivity index (χ4v) is 2.82. The van der Waals surface area contributed by atoms with E-state index in [1.54, 1.807) is 4.90 Å². The van der Waals surface area contributed by atoms with Gasteiger partial charge in [0.2, 0.25) is 0 Å². The quantitative estimate of drug-likeness (QED) is 0.574. The van der Waals surface area contributed by atoms with Gasteiger partial charge < -0.3 is 9.64 Å². The van der Waals surface area contributed by atoms with Gasteiger partial charge in [0.25, 0.3) is 5.91 Å². The molecule has 1 amide bonds. The third-order valence-electron chi connectivity index (χ3n) is 4.07. The molecule has 110 valence electrons. The SMILES string of the molecule is CC(C)(/C=C(\C#N)C(=O)N1CCCC1)N1CCOCC1. The normalized spacial score (nSPS) is 21.9. The van der Waals surface area contributed by atoms with Gasteiger partial charge in [-0.05, 0) is 32.8 Å². The van der Waals surface area contributed by atoms with Crippen LogP contribution in [-0.2, 0) is 9.53 Å². The highest BCUT2D eigenvalue weighted by Gasteiger charge is 2.29. The Kier molecular flexibility index (Phi) is 4.79. The van der Waals surface area contributed by atoms with Crippen LogP contribution in [0.25, 0.3) is 0 Å². The van der Waals surface area contributed by atoms with E-state index in [2.05, 4.69) is 11.0 Å². The maximum Gasteiger partial charge on any atom is 0.264 e. The van der Waals surface area contributed by atoms with Gasteiger partial charge in [-0.2, -0.15) is 5.26 Å². The molecule has 0 saturated carbocycles. The molecule has 0 aromatic heterocycles. The summed E-state index contributed by atoms with van der Waals surface area (Å²) in [6, 6.07) is 2.09. The molecule has 0 radical (unpaired) electrons. The van der Waals surface area contributed by atoms with E-state index >= 15 is 0 Å². The third-order valence-corrected chi connectivity index (χ3v) is 4.07. The zero-order valence-corrected chi connectivity index (χ0v) is 12.4. The highest BCUT2D eigenvalue weighted by atomic mass is 16.5. The fraction of sp³-hybridized carbons (Fsp3) is 0.733. The van der Waals surface area contributed by atoms with Crippen LogP contribution < -0.4 is 0 Å². The Bertz CT molecular complexity index is 425. The number of likely N-dealkylation sites (tertiary alicyclic amines) is 1. The fourth-order valence-electron chi connectivity index (χ4n) is 2.82. The molecule has 0 atom stereocenters. The number of rotatable bonds is 3. The monoisotopic (exact) mass is 277 g/mol. The van der Waals surface area contributed by atoms with Crippen LogP contribution >= 0.6 is 0 Å². The molecule has 5 nitrogen and oxygen atoms in total. The second-order valence-corrected chi connectivity index (χ2v) is 5.92. The molecule has 2 heterocycles. The summed E-state index contributed by atoms with van der Waals surface area (Å²) in [5, 5.41) is 9.31. The Labute approximate surface area is 120 Å². The number of hydrogen-bond donors (Lipinski definition) is 0. The maximum absolute atomic E-state index is 12.3. The number of nitriles is 1. The predicted molar refractivity (Wildman–Crippen MR) is 76.0 cm³/mol. The van der Waals surface area contributed by atoms with E-state index in [9.17, 15) is 10.1 Å². The molecule has 0 aliphatic carbocycles. The Morgan fingerprint density at radius 1 is 1.20 bits per heavy atom. The van der Waals surface area contributed by atoms with Crippen LogP contribution in [0.5, 0.6) is 0 Å². The largest absolute Gasteiger partial charge is 0.379 e. The van der Waals surface area contributed by atoms with Gasteiger partial charge in [0.05, 0.1) is 13.2 Å². The molecule has 5 heteroatoms. The van der Waals surface area contributed by atoms with Gasteiger partial charge in [0.1, 0.15) is 11.6 Å². The molecule has 0 N–H and O–H groups in total. The van der Waals surface area contributed by atoms with Gasteiger partial charge in [-0.25, -0.2) is 0 Å². The molecular weight excluding hydrogens is 254 g/mol. The minimum absolute atomic E-state index is 0.119. The zero-order chi connectivity index (χ0) is 14.6. The first-order chi connectivity index (χ1) is 9.54. The minimum Gasteiger partial charge on any atom is -0.379 e. The van der Waals surface area contributed by atoms with Crippen LogP contribution in [-0.4, -0.2) is 60.6 Å². The summed E-state index contributed by atoms with van der Waals surface area (Å²) in [7, 11) is 0. The van der Waals surface area contributed by atoms with Gasteiger partial charge >= 0.3 is 0 Å². The average molecular weight is 277 g/mol. The van der Waals surface area contributed by atoms with Crippen LogP contribution in [0.2, 0.25) is 0 Å². The molecule has 2 aliphatic rings. The number of ether oxygens (including phenoxy) is 1. The lowest BCUT2D eigenvalue weighted by molar-refractivity contribution is -0.125. The number of hydrogen-bond acceptors (Lipinski definition) is 4. The van der Waals surface area contributed by atoms with Crippen molar-refractivity contribution in [2.24, 2.45) is 0 Å². The van der Waals surface area contributed by atoms with Crippen LogP contribution in [0.1, 0.15) is 26.7 Å². The summed E-state index contributed by atoms with van der Waals surface area (Å²) in [6.07, 6.45) is 3.90. The standard InChI is InChI=1S/C15H23N3O2/c1-15(2,18-7-9-20-10-8-18)11-13(12-16)14(19)17-5-3-4-6-17/h11H,3-10H2,1-2H3/b13-11+. The van der Waals surface area contributed by atoms with Crippen molar-refractivity contribution in [3.63, 3.8) is 0 Å². The van der Waals surface area contributed by atoms with Crippen LogP contribution in [0, 0.1) is 11.3 Å². The maximum atomic E-state index is 12.3. The molecule has 0 bridgehead atoms. The van der Waals surface area contributed by atoms with E-state index < -0.39 is 0 Å². The van der Waals surface area contributed by atoms with E-state index in [-0.39, 0.29) is 17.0 Å². The molecule has 2 aliphatic heterocycles. The lowest BCUT2D eigenvalue weighted by Crippen LogP contribution is -2.49. The third kappa shape index (κ3) is 3.38. The Balaban J connectivity index is 2.12. The van der Waals surface area contributed by atoms with Gasteiger partial charge in [-0.3, -0.25) is 9.69 Å². The molecule has 0 aromatic rings. The Morgan fingerprint density at radius 3 is 2.35 bits per heavy atom. The lowest BCUT2D eigenvalue weighted by Gasteiger charge is -2.39. The summed E-state index contributed by atoms with van der Waals surface area (Å²) < 4.78 is 5.35. The summed E-state index contributed by atoms with van der Waals surface area (Å²) in [5.74, 6) is -0.119. The van der Waals surface area contributed by atoms with Gasteiger partial charge in [-0.1, -0.05) is 0 Å². The van der Waals surface area contributed by atoms with Crippen molar-refractivity contribution in [2.75, 3.05) is 39.4 Å². The van der Waals surface area contributed by atoms with E-state index in [1.165, 1.54) is 0 Å². The first-order valence-corrected chi connectivity index (χ1v) is 7.29. The molecule has 2 saturated heterocycles. The summed E-state index contributed by atoms with van der Waals surface area (Å²) in [5.41, 5.74) is -0.0343. The van der Waals surface area contributed by atoms with E-state index in [1.807, 2.05) is 19.9 Å². The summed E-state index contributed by atoms with van der Waals surface area (Å²) >= 11 is 0. The second kappa shape index (κ2) is 6.38. The van der Waals surface area contributed by atoms with Crippen molar-refractivity contribution in [1.82, 2.24) is 9.80 Å². The number of carbonyl (C=O) groups excluding carboxylic acids is 1. The topological polar surface area (TPSA) is 56.6 Å². The van der Waals surface area contributed by atoms with Crippen LogP contribution in [0.3, 0.4) is 0 Å². The zero-order valence-electron chi connectivity index (χ0n) is 12.4. The van der Waals surface area contributed by atoms with Gasteiger partial charge in [-0.15, -0.1) is 0 Å². The smallest absolute Gasteiger partial charge is 0.264 e. The molecule has 2 rings (SSSR count). The van der Waals surface area contributed by atoms with E-state index in [4.69, 9.17) is 4.74 Å². The van der Waals surface area contributed by atoms with Crippen molar-refractivity contribution in [1.29, 1.82) is 5.26 Å². The van der Waals surface area contributed by atoms with Gasteiger partial charge in [0, 0.05) is 31.7 Å². The molecule has 0 spiro atoms. The highest BCUT2D eigenvalue weighted by molar-refractivity contribution is 5.97. The second-order valence-electron chi connectivity index (χ2n) is 5.92. The first kappa shape index (κ1) is 15.0. The summed E-state index contributed by atoms with van der Waals surface area (Å²) in [6.45, 7) is 8.73. The lowest BCUT2D eigenvalue weighted by atomic mass is 9.98. The average Bonchev–Trinajstić information content (AvgIpc) is 2.99. The number of amides is 1. The van der Waals surface area contributed by atoms with Crippen molar-refractivity contribution in [3.05, 3.63) is 11.6 Å². The number of nitrogens with zero attached hydrogens (tertiary/aromatic N) is 3. The Morgan fingerprint density at radius 2 is 1.80 bits per heavy atom. The van der Waals surface area contributed by atoms with Gasteiger partial charge in [0.15, 0.2) is 0 Å². The minimum atomic E-state index is -0.301. The Hall–Kier alpha value is -1.38. The summed E-state index contributed by atoms with van der Waals surface area (Å²) in [4.78, 5) is 16.4. The van der Waals surface area contributed by atoms with Crippen LogP contribution in [0.15, 0.2) is 11.6 Å². The molecular formula is C15H23N3O2. The van der Waals surface area contributed by atoms with E-state index in [0.29, 0.717) is 13.2 Å². The molecule has 0 unspecified atom stereocenters. The van der Waals surface area contributed by atoms with Crippen LogP contribution in [0.4, 0.5) is 0 Å². The first-order valence-electron chi connectivity index (χ1n) is 7.29.